The zero-order valence-corrected chi connectivity index (χ0v) is 15.8. The van der Waals surface area contributed by atoms with Gasteiger partial charge in [-0.05, 0) is 79.5 Å². The average Bonchev–Trinajstić information content (AvgIpc) is 2.96. The minimum Gasteiger partial charge on any atom is -0.508 e. The zero-order valence-electron chi connectivity index (χ0n) is 15.8. The summed E-state index contributed by atoms with van der Waals surface area (Å²) >= 11 is 0. The van der Waals surface area contributed by atoms with Crippen LogP contribution in [0.1, 0.15) is 68.9 Å². The summed E-state index contributed by atoms with van der Waals surface area (Å²) in [5.41, 5.74) is 2.68. The fourth-order valence-corrected chi connectivity index (χ4v) is 6.14. The van der Waals surface area contributed by atoms with Gasteiger partial charge in [0.05, 0.1) is 12.8 Å². The summed E-state index contributed by atoms with van der Waals surface area (Å²) in [6.45, 7) is 2.27. The number of hydrogen-bond acceptors (Lipinski definition) is 4. The van der Waals surface area contributed by atoms with Gasteiger partial charge in [-0.2, -0.15) is 0 Å². The predicted molar refractivity (Wildman–Crippen MR) is 99.5 cm³/mol. The molecule has 0 radical (unpaired) electrons. The molecule has 0 heterocycles. The molecule has 2 N–H and O–H groups in total. The van der Waals surface area contributed by atoms with Gasteiger partial charge < -0.3 is 14.9 Å². The van der Waals surface area contributed by atoms with Gasteiger partial charge in [-0.25, -0.2) is 0 Å². The maximum atomic E-state index is 12.1. The molecule has 3 aliphatic rings. The Bertz CT molecular complexity index is 757. The number of ether oxygens (including phenoxy) is 1. The number of carboxylic acids is 1. The summed E-state index contributed by atoms with van der Waals surface area (Å²) in [5, 5.41) is 18.6. The van der Waals surface area contributed by atoms with Crippen molar-refractivity contribution in [2.75, 3.05) is 0 Å². The number of esters is 1. The van der Waals surface area contributed by atoms with Crippen LogP contribution in [0.3, 0.4) is 0 Å². The van der Waals surface area contributed by atoms with Crippen LogP contribution in [-0.4, -0.2) is 28.3 Å². The third-order valence-corrected chi connectivity index (χ3v) is 7.44. The number of phenolic OH excluding ortho intramolecular Hbond substituents is 1. The van der Waals surface area contributed by atoms with Crippen LogP contribution in [0.25, 0.3) is 0 Å². The molecular weight excluding hydrogens is 344 g/mol. The number of aliphatic carboxylic acids is 1. The molecule has 0 unspecified atom stereocenters. The van der Waals surface area contributed by atoms with Gasteiger partial charge >= 0.3 is 11.9 Å². The van der Waals surface area contributed by atoms with Crippen molar-refractivity contribution in [1.29, 1.82) is 0 Å². The molecule has 27 heavy (non-hydrogen) atoms. The number of hydrogen-bond donors (Lipinski definition) is 2. The van der Waals surface area contributed by atoms with E-state index >= 15 is 0 Å². The van der Waals surface area contributed by atoms with Crippen molar-refractivity contribution >= 4 is 11.9 Å². The molecule has 146 valence electrons. The Balaban J connectivity index is 1.49. The Morgan fingerprint density at radius 2 is 2.00 bits per heavy atom. The second-order valence-electron chi connectivity index (χ2n) is 8.79. The van der Waals surface area contributed by atoms with Crippen molar-refractivity contribution in [3.63, 3.8) is 0 Å². The van der Waals surface area contributed by atoms with E-state index in [0.29, 0.717) is 23.5 Å². The minimum absolute atomic E-state index is 0.00548. The van der Waals surface area contributed by atoms with Gasteiger partial charge in [0.2, 0.25) is 0 Å². The van der Waals surface area contributed by atoms with E-state index in [-0.39, 0.29) is 30.3 Å². The molecule has 0 aliphatic heterocycles. The minimum atomic E-state index is -0.963. The molecule has 0 aromatic heterocycles. The highest BCUT2D eigenvalue weighted by atomic mass is 16.5. The molecular formula is C22H28O5. The smallest absolute Gasteiger partial charge is 0.306 e. The average molecular weight is 372 g/mol. The number of benzene rings is 1. The summed E-state index contributed by atoms with van der Waals surface area (Å²) in [4.78, 5) is 22.8. The molecule has 2 fully saturated rings. The van der Waals surface area contributed by atoms with Crippen molar-refractivity contribution in [2.24, 2.45) is 17.3 Å². The second-order valence-corrected chi connectivity index (χ2v) is 8.79. The second kappa shape index (κ2) is 6.84. The summed E-state index contributed by atoms with van der Waals surface area (Å²) in [6, 6.07) is 5.82. The van der Waals surface area contributed by atoms with Crippen molar-refractivity contribution in [1.82, 2.24) is 0 Å². The SMILES string of the molecule is C[C@]12CC[C@@H]3c4ccc(O)cc4CC[C@@H]3[C@@H]1CC[C@H]2OC(=O)CCC(=O)O. The molecule has 0 saturated heterocycles. The Hall–Kier alpha value is -2.04. The summed E-state index contributed by atoms with van der Waals surface area (Å²) in [7, 11) is 0. The molecule has 5 nitrogen and oxygen atoms in total. The van der Waals surface area contributed by atoms with Gasteiger partial charge in [-0.15, -0.1) is 0 Å². The summed E-state index contributed by atoms with van der Waals surface area (Å²) in [6.07, 6.45) is 5.88. The first-order valence-corrected chi connectivity index (χ1v) is 10.1. The molecule has 3 aliphatic carbocycles. The lowest BCUT2D eigenvalue weighted by Crippen LogP contribution is -2.45. The van der Waals surface area contributed by atoms with Gasteiger partial charge in [0.15, 0.2) is 0 Å². The van der Waals surface area contributed by atoms with Crippen LogP contribution in [0.5, 0.6) is 5.75 Å². The summed E-state index contributed by atoms with van der Waals surface area (Å²) < 4.78 is 5.76. The Labute approximate surface area is 159 Å². The lowest BCUT2D eigenvalue weighted by Gasteiger charge is -2.50. The maximum absolute atomic E-state index is 12.1. The largest absolute Gasteiger partial charge is 0.508 e. The molecule has 0 bridgehead atoms. The molecule has 4 rings (SSSR count). The van der Waals surface area contributed by atoms with Gasteiger partial charge in [-0.3, -0.25) is 9.59 Å². The van der Waals surface area contributed by atoms with E-state index < -0.39 is 5.97 Å². The van der Waals surface area contributed by atoms with Crippen LogP contribution in [0.15, 0.2) is 18.2 Å². The predicted octanol–water partition coefficient (Wildman–Crippen LogP) is 4.02. The van der Waals surface area contributed by atoms with E-state index in [9.17, 15) is 14.7 Å². The fraction of sp³-hybridized carbons (Fsp3) is 0.636. The fourth-order valence-electron chi connectivity index (χ4n) is 6.14. The van der Waals surface area contributed by atoms with Crippen LogP contribution in [0, 0.1) is 17.3 Å². The Kier molecular flexibility index (Phi) is 4.65. The van der Waals surface area contributed by atoms with Gasteiger partial charge in [0.1, 0.15) is 11.9 Å². The van der Waals surface area contributed by atoms with E-state index in [2.05, 4.69) is 13.0 Å². The van der Waals surface area contributed by atoms with Gasteiger partial charge in [0.25, 0.3) is 0 Å². The van der Waals surface area contributed by atoms with Gasteiger partial charge in [0, 0.05) is 5.41 Å². The van der Waals surface area contributed by atoms with E-state index in [0.717, 1.165) is 38.5 Å². The molecule has 5 atom stereocenters. The quantitative estimate of drug-likeness (QED) is 0.780. The highest BCUT2D eigenvalue weighted by Gasteiger charge is 2.56. The van der Waals surface area contributed by atoms with Crippen LogP contribution < -0.4 is 0 Å². The monoisotopic (exact) mass is 372 g/mol. The first kappa shape index (κ1) is 18.3. The first-order chi connectivity index (χ1) is 12.9. The van der Waals surface area contributed by atoms with E-state index in [1.807, 2.05) is 6.07 Å². The normalized spacial score (nSPS) is 34.3. The van der Waals surface area contributed by atoms with E-state index in [1.54, 1.807) is 6.07 Å². The topological polar surface area (TPSA) is 83.8 Å². The van der Waals surface area contributed by atoms with E-state index in [4.69, 9.17) is 9.84 Å². The van der Waals surface area contributed by atoms with Gasteiger partial charge in [-0.1, -0.05) is 13.0 Å². The molecule has 0 spiro atoms. The van der Waals surface area contributed by atoms with Crippen LogP contribution in [-0.2, 0) is 20.7 Å². The van der Waals surface area contributed by atoms with Crippen LogP contribution in [0.2, 0.25) is 0 Å². The highest BCUT2D eigenvalue weighted by Crippen LogP contribution is 2.61. The Morgan fingerprint density at radius 3 is 2.78 bits per heavy atom. The third-order valence-electron chi connectivity index (χ3n) is 7.44. The summed E-state index contributed by atoms with van der Waals surface area (Å²) in [5.74, 6) is 0.681. The highest BCUT2D eigenvalue weighted by molar-refractivity contribution is 5.76. The number of phenols is 1. The number of aryl methyl sites for hydroxylation is 1. The molecule has 1 aromatic rings. The zero-order chi connectivity index (χ0) is 19.2. The van der Waals surface area contributed by atoms with Crippen molar-refractivity contribution in [2.45, 2.75) is 70.3 Å². The Morgan fingerprint density at radius 1 is 1.19 bits per heavy atom. The van der Waals surface area contributed by atoms with Crippen molar-refractivity contribution in [3.05, 3.63) is 29.3 Å². The van der Waals surface area contributed by atoms with Crippen molar-refractivity contribution < 1.29 is 24.5 Å². The number of carboxylic acid groups (broad SMARTS) is 1. The molecule has 1 aromatic carbocycles. The number of rotatable bonds is 4. The molecule has 0 amide bonds. The molecule has 2 saturated carbocycles. The third kappa shape index (κ3) is 3.21. The standard InChI is InChI=1S/C22H28O5/c1-22-11-10-16-15-5-3-14(23)12-13(15)2-4-17(16)18(22)6-7-19(22)27-21(26)9-8-20(24)25/h3,5,12,16-19,23H,2,4,6-11H2,1H3,(H,24,25)/t16-,17+,18+,19-,22+/m1/s1. The number of carbonyl (C=O) groups is 2. The van der Waals surface area contributed by atoms with Crippen LogP contribution >= 0.6 is 0 Å². The lowest BCUT2D eigenvalue weighted by atomic mass is 9.55. The number of carbonyl (C=O) groups excluding carboxylic acids is 1. The molecule has 5 heteroatoms. The number of aromatic hydroxyl groups is 1. The van der Waals surface area contributed by atoms with Crippen molar-refractivity contribution in [3.8, 4) is 5.75 Å². The maximum Gasteiger partial charge on any atom is 0.306 e. The lowest BCUT2D eigenvalue weighted by molar-refractivity contribution is -0.159. The van der Waals surface area contributed by atoms with E-state index in [1.165, 1.54) is 11.1 Å². The number of fused-ring (bicyclic) bond motifs is 5. The van der Waals surface area contributed by atoms with Crippen LogP contribution in [0.4, 0.5) is 0 Å². The first-order valence-electron chi connectivity index (χ1n) is 10.1.